The molecule has 0 N–H and O–H groups in total. The quantitative estimate of drug-likeness (QED) is 0.316. The maximum Gasteiger partial charge on any atom is 1.00 e. The van der Waals surface area contributed by atoms with E-state index in [-0.39, 0.29) is 35.3 Å². The molecule has 9 heavy (non-hydrogen) atoms. The predicted molar refractivity (Wildman–Crippen MR) is 32.3 cm³/mol. The molecule has 0 aromatic rings. The van der Waals surface area contributed by atoms with Crippen LogP contribution in [-0.4, -0.2) is 40.1 Å². The van der Waals surface area contributed by atoms with Crippen LogP contribution in [0.25, 0.3) is 0 Å². The van der Waals surface area contributed by atoms with Crippen molar-refractivity contribution in [3.05, 3.63) is 0 Å². The van der Waals surface area contributed by atoms with E-state index >= 15 is 0 Å². The van der Waals surface area contributed by atoms with Crippen LogP contribution in [0.3, 0.4) is 0 Å². The van der Waals surface area contributed by atoms with Gasteiger partial charge in [-0.3, -0.25) is 4.21 Å². The van der Waals surface area contributed by atoms with E-state index < -0.39 is 11.1 Å². The first-order chi connectivity index (χ1) is 3.63. The normalized spacial score (nSPS) is 12.9. The summed E-state index contributed by atoms with van der Waals surface area (Å²) in [4.78, 5) is 1.83. The van der Waals surface area contributed by atoms with Gasteiger partial charge in [-0.1, -0.05) is 11.1 Å². The fourth-order valence-electron chi connectivity index (χ4n) is 0.257. The molecule has 3 nitrogen and oxygen atoms in total. The van der Waals surface area contributed by atoms with E-state index in [4.69, 9.17) is 0 Å². The molecule has 0 radical (unpaired) electrons. The molecule has 0 amide bonds. The molecular formula is C4H10NNaO2S. The van der Waals surface area contributed by atoms with Gasteiger partial charge in [-0.05, 0) is 14.1 Å². The van der Waals surface area contributed by atoms with Crippen molar-refractivity contribution < 1.29 is 38.3 Å². The van der Waals surface area contributed by atoms with Crippen molar-refractivity contribution in [1.29, 1.82) is 0 Å². The Bertz CT molecular complexity index is 88.6. The van der Waals surface area contributed by atoms with E-state index in [0.29, 0.717) is 6.54 Å². The van der Waals surface area contributed by atoms with E-state index in [9.17, 15) is 8.76 Å². The molecule has 0 fully saturated rings. The molecule has 0 aliphatic carbocycles. The molecule has 0 spiro atoms. The summed E-state index contributed by atoms with van der Waals surface area (Å²) in [6, 6.07) is 0. The summed E-state index contributed by atoms with van der Waals surface area (Å²) in [7, 11) is 3.68. The van der Waals surface area contributed by atoms with Gasteiger partial charge < -0.3 is 9.45 Å². The fraction of sp³-hybridized carbons (Fsp3) is 1.00. The zero-order valence-corrected chi connectivity index (χ0v) is 8.90. The maximum atomic E-state index is 9.88. The van der Waals surface area contributed by atoms with Crippen molar-refractivity contribution in [1.82, 2.24) is 4.90 Å². The SMILES string of the molecule is CN(C)CCS(=O)[O-].[Na+]. The average Bonchev–Trinajstić information content (AvgIpc) is 1.61. The first-order valence-corrected chi connectivity index (χ1v) is 3.58. The van der Waals surface area contributed by atoms with Gasteiger partial charge in [-0.25, -0.2) is 0 Å². The zero-order chi connectivity index (χ0) is 6.57. The molecular weight excluding hydrogens is 149 g/mol. The second-order valence-electron chi connectivity index (χ2n) is 1.81. The van der Waals surface area contributed by atoms with Crippen LogP contribution in [0.4, 0.5) is 0 Å². The van der Waals surface area contributed by atoms with Crippen LogP contribution >= 0.6 is 0 Å². The third-order valence-electron chi connectivity index (χ3n) is 0.705. The first kappa shape index (κ1) is 12.7. The molecule has 0 aliphatic heterocycles. The molecule has 0 bridgehead atoms. The standard InChI is InChI=1S/C4H11NO2S.Na/c1-5(2)3-4-8(6)7;/h3-4H2,1-2H3,(H,6,7);/q;+1/p-1. The van der Waals surface area contributed by atoms with Crippen LogP contribution < -0.4 is 29.6 Å². The van der Waals surface area contributed by atoms with Crippen LogP contribution in [0, 0.1) is 0 Å². The monoisotopic (exact) mass is 159 g/mol. The van der Waals surface area contributed by atoms with Crippen LogP contribution in [0.15, 0.2) is 0 Å². The topological polar surface area (TPSA) is 43.4 Å². The fourth-order valence-corrected chi connectivity index (χ4v) is 0.771. The van der Waals surface area contributed by atoms with Crippen molar-refractivity contribution in [3.63, 3.8) is 0 Å². The summed E-state index contributed by atoms with van der Waals surface area (Å²) in [5.74, 6) is 0.229. The van der Waals surface area contributed by atoms with Crippen molar-refractivity contribution in [2.45, 2.75) is 0 Å². The van der Waals surface area contributed by atoms with Crippen LogP contribution in [0.5, 0.6) is 0 Å². The Hall–Kier alpha value is 1.07. The van der Waals surface area contributed by atoms with Gasteiger partial charge in [0.15, 0.2) is 0 Å². The minimum Gasteiger partial charge on any atom is -0.772 e. The Balaban J connectivity index is 0. The summed E-state index contributed by atoms with van der Waals surface area (Å²) in [5, 5.41) is 0. The Labute approximate surface area is 80.4 Å². The van der Waals surface area contributed by atoms with Gasteiger partial charge in [0.05, 0.1) is 0 Å². The second-order valence-corrected chi connectivity index (χ2v) is 2.83. The van der Waals surface area contributed by atoms with E-state index in [2.05, 4.69) is 0 Å². The molecule has 0 aromatic carbocycles. The molecule has 0 heterocycles. The van der Waals surface area contributed by atoms with E-state index in [1.807, 2.05) is 19.0 Å². The summed E-state index contributed by atoms with van der Waals surface area (Å²) >= 11 is -1.88. The summed E-state index contributed by atoms with van der Waals surface area (Å²) < 4.78 is 19.8. The minimum atomic E-state index is -1.88. The van der Waals surface area contributed by atoms with Gasteiger partial charge >= 0.3 is 29.6 Å². The molecule has 0 saturated heterocycles. The predicted octanol–water partition coefficient (Wildman–Crippen LogP) is -3.57. The van der Waals surface area contributed by atoms with Crippen LogP contribution in [0.2, 0.25) is 0 Å². The minimum absolute atomic E-state index is 0. The van der Waals surface area contributed by atoms with Gasteiger partial charge in [0, 0.05) is 12.3 Å². The Kier molecular flexibility index (Phi) is 10.1. The first-order valence-electron chi connectivity index (χ1n) is 2.33. The third kappa shape index (κ3) is 12.3. The molecule has 0 aliphatic rings. The van der Waals surface area contributed by atoms with Crippen molar-refractivity contribution in [3.8, 4) is 0 Å². The average molecular weight is 159 g/mol. The molecule has 0 aromatic heterocycles. The van der Waals surface area contributed by atoms with E-state index in [1.165, 1.54) is 0 Å². The molecule has 50 valence electrons. The summed E-state index contributed by atoms with van der Waals surface area (Å²) in [5.41, 5.74) is 0. The summed E-state index contributed by atoms with van der Waals surface area (Å²) in [6.45, 7) is 0.607. The number of hydrogen-bond donors (Lipinski definition) is 0. The van der Waals surface area contributed by atoms with Crippen molar-refractivity contribution >= 4 is 11.1 Å². The van der Waals surface area contributed by atoms with Crippen molar-refractivity contribution in [2.24, 2.45) is 0 Å². The molecule has 1 atom stereocenters. The van der Waals surface area contributed by atoms with E-state index in [0.717, 1.165) is 0 Å². The number of nitrogens with zero attached hydrogens (tertiary/aromatic N) is 1. The molecule has 1 unspecified atom stereocenters. The van der Waals surface area contributed by atoms with Gasteiger partial charge in [-0.2, -0.15) is 0 Å². The van der Waals surface area contributed by atoms with Gasteiger partial charge in [0.2, 0.25) is 0 Å². The zero-order valence-electron chi connectivity index (χ0n) is 6.09. The maximum absolute atomic E-state index is 9.88. The molecule has 0 rings (SSSR count). The van der Waals surface area contributed by atoms with Gasteiger partial charge in [-0.15, -0.1) is 0 Å². The van der Waals surface area contributed by atoms with Crippen molar-refractivity contribution in [2.75, 3.05) is 26.4 Å². The van der Waals surface area contributed by atoms with Crippen LogP contribution in [0.1, 0.15) is 0 Å². The van der Waals surface area contributed by atoms with Gasteiger partial charge in [0.1, 0.15) is 0 Å². The Morgan fingerprint density at radius 2 is 2.00 bits per heavy atom. The summed E-state index contributed by atoms with van der Waals surface area (Å²) in [6.07, 6.45) is 0. The molecule has 0 saturated carbocycles. The molecule has 5 heteroatoms. The van der Waals surface area contributed by atoms with Crippen LogP contribution in [-0.2, 0) is 11.1 Å². The third-order valence-corrected chi connectivity index (χ3v) is 1.22. The number of rotatable bonds is 3. The van der Waals surface area contributed by atoms with E-state index in [1.54, 1.807) is 0 Å². The largest absolute Gasteiger partial charge is 1.00 e. The number of hydrogen-bond acceptors (Lipinski definition) is 3. The second kappa shape index (κ2) is 7.18. The Morgan fingerprint density at radius 1 is 1.56 bits per heavy atom. The van der Waals surface area contributed by atoms with Gasteiger partial charge in [0.25, 0.3) is 0 Å². The Morgan fingerprint density at radius 3 is 2.11 bits per heavy atom. The smallest absolute Gasteiger partial charge is 0.772 e.